The van der Waals surface area contributed by atoms with Crippen LogP contribution in [-0.4, -0.2) is 16.5 Å². The van der Waals surface area contributed by atoms with Gasteiger partial charge >= 0.3 is 0 Å². The van der Waals surface area contributed by atoms with Crippen LogP contribution in [0.5, 0.6) is 11.6 Å². The van der Waals surface area contributed by atoms with Gasteiger partial charge in [0.1, 0.15) is 17.9 Å². The third-order valence-corrected chi connectivity index (χ3v) is 3.67. The smallest absolute Gasteiger partial charge is 0.227 e. The molecule has 0 aliphatic rings. The highest BCUT2D eigenvalue weighted by Crippen LogP contribution is 2.36. The van der Waals surface area contributed by atoms with Crippen LogP contribution in [0.2, 0.25) is 5.02 Å². The van der Waals surface area contributed by atoms with E-state index in [9.17, 15) is 0 Å². The van der Waals surface area contributed by atoms with Gasteiger partial charge in [-0.25, -0.2) is 9.97 Å². The molecule has 112 valence electrons. The van der Waals surface area contributed by atoms with Gasteiger partial charge in [-0.2, -0.15) is 0 Å². The molecule has 1 aromatic heterocycles. The second-order valence-electron chi connectivity index (χ2n) is 4.80. The number of hydrogen-bond donors (Lipinski definition) is 1. The molecule has 21 heavy (non-hydrogen) atoms. The lowest BCUT2D eigenvalue weighted by atomic mass is 10.1. The summed E-state index contributed by atoms with van der Waals surface area (Å²) in [6, 6.07) is 5.46. The Hall–Kier alpha value is -1.33. The summed E-state index contributed by atoms with van der Waals surface area (Å²) >= 11 is 9.59. The normalized spacial score (nSPS) is 10.8. The summed E-state index contributed by atoms with van der Waals surface area (Å²) in [5.74, 6) is 2.11. The van der Waals surface area contributed by atoms with Crippen LogP contribution in [0, 0.1) is 0 Å². The molecule has 1 aromatic carbocycles. The monoisotopic (exact) mass is 369 g/mol. The minimum atomic E-state index is 0.223. The van der Waals surface area contributed by atoms with Crippen LogP contribution in [-0.2, 0) is 0 Å². The van der Waals surface area contributed by atoms with E-state index in [1.807, 2.05) is 19.1 Å². The van der Waals surface area contributed by atoms with E-state index in [-0.39, 0.29) is 5.92 Å². The predicted octanol–water partition coefficient (Wildman–Crippen LogP) is 5.24. The zero-order chi connectivity index (χ0) is 15.4. The van der Waals surface area contributed by atoms with Gasteiger partial charge in [0.15, 0.2) is 0 Å². The molecule has 0 unspecified atom stereocenters. The number of aromatic nitrogens is 2. The summed E-state index contributed by atoms with van der Waals surface area (Å²) in [5, 5.41) is 3.77. The van der Waals surface area contributed by atoms with Gasteiger partial charge in [0.2, 0.25) is 5.88 Å². The summed E-state index contributed by atoms with van der Waals surface area (Å²) < 4.78 is 6.81. The van der Waals surface area contributed by atoms with Gasteiger partial charge in [-0.15, -0.1) is 0 Å². The first-order valence-corrected chi connectivity index (χ1v) is 7.91. The van der Waals surface area contributed by atoms with Crippen molar-refractivity contribution in [2.75, 3.05) is 11.9 Å². The highest BCUT2D eigenvalue weighted by molar-refractivity contribution is 9.10. The Morgan fingerprint density at radius 3 is 2.76 bits per heavy atom. The van der Waals surface area contributed by atoms with E-state index in [0.717, 1.165) is 22.4 Å². The Kier molecular flexibility index (Phi) is 5.42. The standard InChI is InChI=1S/C15H17BrClN3O/c1-4-18-14-13(9(2)3)15(20-8-19-14)21-12-7-10(16)5-6-11(12)17/h5-9H,4H2,1-3H3,(H,18,19,20). The highest BCUT2D eigenvalue weighted by Gasteiger charge is 2.17. The molecule has 1 heterocycles. The zero-order valence-electron chi connectivity index (χ0n) is 12.2. The molecule has 0 radical (unpaired) electrons. The van der Waals surface area contributed by atoms with Gasteiger partial charge in [0.05, 0.1) is 10.6 Å². The summed E-state index contributed by atoms with van der Waals surface area (Å²) in [6.45, 7) is 6.97. The molecule has 0 saturated heterocycles. The number of anilines is 1. The van der Waals surface area contributed by atoms with Gasteiger partial charge in [-0.3, -0.25) is 0 Å². The van der Waals surface area contributed by atoms with Crippen LogP contribution in [0.4, 0.5) is 5.82 Å². The van der Waals surface area contributed by atoms with E-state index in [2.05, 4.69) is 45.1 Å². The lowest BCUT2D eigenvalue weighted by Crippen LogP contribution is -2.07. The molecule has 0 aliphatic heterocycles. The van der Waals surface area contributed by atoms with Crippen molar-refractivity contribution >= 4 is 33.3 Å². The molecule has 0 saturated carbocycles. The molecule has 0 fully saturated rings. The van der Waals surface area contributed by atoms with Crippen LogP contribution >= 0.6 is 27.5 Å². The fourth-order valence-corrected chi connectivity index (χ4v) is 2.45. The van der Waals surface area contributed by atoms with Crippen LogP contribution in [0.3, 0.4) is 0 Å². The SMILES string of the molecule is CCNc1ncnc(Oc2cc(Br)ccc2Cl)c1C(C)C. The molecule has 0 atom stereocenters. The molecule has 1 N–H and O–H groups in total. The molecule has 2 aromatic rings. The van der Waals surface area contributed by atoms with Crippen LogP contribution in [0.1, 0.15) is 32.3 Å². The second-order valence-corrected chi connectivity index (χ2v) is 6.13. The lowest BCUT2D eigenvalue weighted by Gasteiger charge is -2.17. The molecule has 6 heteroatoms. The minimum absolute atomic E-state index is 0.223. The average Bonchev–Trinajstić information content (AvgIpc) is 2.43. The van der Waals surface area contributed by atoms with E-state index in [0.29, 0.717) is 16.7 Å². The van der Waals surface area contributed by atoms with Crippen molar-refractivity contribution in [1.82, 2.24) is 9.97 Å². The number of rotatable bonds is 5. The quantitative estimate of drug-likeness (QED) is 0.782. The van der Waals surface area contributed by atoms with Gasteiger partial charge in [0.25, 0.3) is 0 Å². The topological polar surface area (TPSA) is 47.0 Å². The Bertz CT molecular complexity index is 634. The number of nitrogens with zero attached hydrogens (tertiary/aromatic N) is 2. The van der Waals surface area contributed by atoms with Gasteiger partial charge < -0.3 is 10.1 Å². The average molecular weight is 371 g/mol. The summed E-state index contributed by atoms with van der Waals surface area (Å²) in [7, 11) is 0. The van der Waals surface area contributed by atoms with E-state index >= 15 is 0 Å². The second kappa shape index (κ2) is 7.09. The fourth-order valence-electron chi connectivity index (χ4n) is 1.95. The maximum Gasteiger partial charge on any atom is 0.227 e. The van der Waals surface area contributed by atoms with Crippen LogP contribution < -0.4 is 10.1 Å². The summed E-state index contributed by atoms with van der Waals surface area (Å²) in [5.41, 5.74) is 0.940. The van der Waals surface area contributed by atoms with Gasteiger partial charge in [-0.1, -0.05) is 41.4 Å². The van der Waals surface area contributed by atoms with Crippen molar-refractivity contribution in [3.8, 4) is 11.6 Å². The van der Waals surface area contributed by atoms with Crippen LogP contribution in [0.25, 0.3) is 0 Å². The maximum atomic E-state index is 6.17. The molecule has 0 bridgehead atoms. The minimum Gasteiger partial charge on any atom is -0.437 e. The summed E-state index contributed by atoms with van der Waals surface area (Å²) in [6.07, 6.45) is 1.49. The van der Waals surface area contributed by atoms with E-state index < -0.39 is 0 Å². The van der Waals surface area contributed by atoms with Crippen molar-refractivity contribution in [2.45, 2.75) is 26.7 Å². The molecule has 0 spiro atoms. The molecule has 2 rings (SSSR count). The Morgan fingerprint density at radius 2 is 2.10 bits per heavy atom. The number of nitrogens with one attached hydrogen (secondary N) is 1. The fraction of sp³-hybridized carbons (Fsp3) is 0.333. The predicted molar refractivity (Wildman–Crippen MR) is 89.5 cm³/mol. The van der Waals surface area contributed by atoms with E-state index in [4.69, 9.17) is 16.3 Å². The Balaban J connectivity index is 2.43. The van der Waals surface area contributed by atoms with Crippen molar-refractivity contribution in [2.24, 2.45) is 0 Å². The Labute approximate surface area is 138 Å². The molecule has 0 aliphatic carbocycles. The van der Waals surface area contributed by atoms with Crippen molar-refractivity contribution in [3.05, 3.63) is 39.6 Å². The van der Waals surface area contributed by atoms with Gasteiger partial charge in [-0.05, 0) is 31.0 Å². The largest absolute Gasteiger partial charge is 0.437 e. The summed E-state index contributed by atoms with van der Waals surface area (Å²) in [4.78, 5) is 8.55. The zero-order valence-corrected chi connectivity index (χ0v) is 14.5. The Morgan fingerprint density at radius 1 is 1.33 bits per heavy atom. The first-order valence-electron chi connectivity index (χ1n) is 6.74. The molecule has 0 amide bonds. The van der Waals surface area contributed by atoms with E-state index in [1.165, 1.54) is 6.33 Å². The lowest BCUT2D eigenvalue weighted by molar-refractivity contribution is 0.451. The van der Waals surface area contributed by atoms with Gasteiger partial charge in [0, 0.05) is 11.0 Å². The third-order valence-electron chi connectivity index (χ3n) is 2.87. The number of hydrogen-bond acceptors (Lipinski definition) is 4. The van der Waals surface area contributed by atoms with Crippen molar-refractivity contribution in [3.63, 3.8) is 0 Å². The maximum absolute atomic E-state index is 6.17. The van der Waals surface area contributed by atoms with E-state index in [1.54, 1.807) is 6.07 Å². The first kappa shape index (κ1) is 16.0. The number of benzene rings is 1. The molecular formula is C15H17BrClN3O. The van der Waals surface area contributed by atoms with Crippen molar-refractivity contribution < 1.29 is 4.74 Å². The number of ether oxygens (including phenoxy) is 1. The van der Waals surface area contributed by atoms with Crippen LogP contribution in [0.15, 0.2) is 29.0 Å². The highest BCUT2D eigenvalue weighted by atomic mass is 79.9. The van der Waals surface area contributed by atoms with Crippen molar-refractivity contribution in [1.29, 1.82) is 0 Å². The number of halogens is 2. The molecular weight excluding hydrogens is 354 g/mol. The first-order chi connectivity index (χ1) is 10.0. The molecule has 4 nitrogen and oxygen atoms in total. The third kappa shape index (κ3) is 3.86.